The van der Waals surface area contributed by atoms with Crippen molar-refractivity contribution < 1.29 is 14.0 Å². The molecule has 1 saturated carbocycles. The number of aryl methyl sites for hydroxylation is 1. The number of hydrogen-bond donors (Lipinski definition) is 2. The molecular formula is C23H29N3O3. The number of rotatable bonds is 1. The summed E-state index contributed by atoms with van der Waals surface area (Å²) in [5.74, 6) is 0.401. The Labute approximate surface area is 171 Å². The summed E-state index contributed by atoms with van der Waals surface area (Å²) in [4.78, 5) is 27.5. The Kier molecular flexibility index (Phi) is 4.52. The molecular weight excluding hydrogens is 366 g/mol. The lowest BCUT2D eigenvalue weighted by Crippen LogP contribution is -2.52. The molecule has 2 N–H and O–H groups in total. The fourth-order valence-electron chi connectivity index (χ4n) is 5.43. The van der Waals surface area contributed by atoms with Gasteiger partial charge >= 0.3 is 6.03 Å². The van der Waals surface area contributed by atoms with Gasteiger partial charge in [-0.1, -0.05) is 32.1 Å². The molecule has 0 bridgehead atoms. The SMILES string of the molecule is Cc1cc2cc(C(=O)N3CCCCCC3)oc2c2c1NC(=O)NC21CCCCC1. The molecule has 2 fully saturated rings. The summed E-state index contributed by atoms with van der Waals surface area (Å²) >= 11 is 0. The van der Waals surface area contributed by atoms with Crippen LogP contribution >= 0.6 is 0 Å². The van der Waals surface area contributed by atoms with Gasteiger partial charge in [-0.2, -0.15) is 0 Å². The van der Waals surface area contributed by atoms with Crippen LogP contribution in [0.1, 0.15) is 79.5 Å². The van der Waals surface area contributed by atoms with Crippen LogP contribution in [-0.4, -0.2) is 29.9 Å². The second-order valence-corrected chi connectivity index (χ2v) is 8.90. The Bertz CT molecular complexity index is 963. The van der Waals surface area contributed by atoms with E-state index < -0.39 is 5.54 Å². The fourth-order valence-corrected chi connectivity index (χ4v) is 5.43. The van der Waals surface area contributed by atoms with Crippen molar-refractivity contribution >= 4 is 28.6 Å². The van der Waals surface area contributed by atoms with E-state index in [1.54, 1.807) is 0 Å². The summed E-state index contributed by atoms with van der Waals surface area (Å²) in [5, 5.41) is 7.16. The number of benzene rings is 1. The Morgan fingerprint density at radius 3 is 2.45 bits per heavy atom. The molecule has 5 rings (SSSR count). The number of urea groups is 1. The Morgan fingerprint density at radius 1 is 1.03 bits per heavy atom. The smallest absolute Gasteiger partial charge is 0.319 e. The van der Waals surface area contributed by atoms with Crippen LogP contribution in [0.3, 0.4) is 0 Å². The maximum Gasteiger partial charge on any atom is 0.319 e. The third-order valence-electron chi connectivity index (χ3n) is 6.89. The highest BCUT2D eigenvalue weighted by Crippen LogP contribution is 2.47. The van der Waals surface area contributed by atoms with E-state index in [9.17, 15) is 9.59 Å². The molecule has 1 aromatic heterocycles. The molecule has 6 nitrogen and oxygen atoms in total. The molecule has 1 saturated heterocycles. The molecule has 154 valence electrons. The highest BCUT2D eigenvalue weighted by atomic mass is 16.3. The third kappa shape index (κ3) is 3.09. The largest absolute Gasteiger partial charge is 0.450 e. The Hall–Kier alpha value is -2.50. The number of anilines is 1. The van der Waals surface area contributed by atoms with Crippen molar-refractivity contribution in [1.82, 2.24) is 10.2 Å². The molecule has 1 aromatic carbocycles. The first-order chi connectivity index (χ1) is 14.1. The quantitative estimate of drug-likeness (QED) is 0.709. The lowest BCUT2D eigenvalue weighted by atomic mass is 9.74. The minimum atomic E-state index is -0.402. The van der Waals surface area contributed by atoms with Gasteiger partial charge in [0.2, 0.25) is 0 Å². The van der Waals surface area contributed by atoms with E-state index in [-0.39, 0.29) is 11.9 Å². The van der Waals surface area contributed by atoms with Gasteiger partial charge in [0.1, 0.15) is 5.58 Å². The number of carbonyl (C=O) groups excluding carboxylic acids is 2. The van der Waals surface area contributed by atoms with Crippen LogP contribution in [0, 0.1) is 6.92 Å². The fraction of sp³-hybridized carbons (Fsp3) is 0.565. The minimum absolute atomic E-state index is 0.0139. The predicted molar refractivity (Wildman–Crippen MR) is 112 cm³/mol. The zero-order chi connectivity index (χ0) is 20.0. The first kappa shape index (κ1) is 18.5. The highest BCUT2D eigenvalue weighted by molar-refractivity contribution is 6.03. The summed E-state index contributed by atoms with van der Waals surface area (Å²) in [6, 6.07) is 3.77. The first-order valence-electron chi connectivity index (χ1n) is 11.0. The van der Waals surface area contributed by atoms with Crippen molar-refractivity contribution in [3.63, 3.8) is 0 Å². The van der Waals surface area contributed by atoms with Crippen LogP contribution in [0.4, 0.5) is 10.5 Å². The number of carbonyl (C=O) groups is 2. The van der Waals surface area contributed by atoms with E-state index in [1.165, 1.54) is 19.3 Å². The summed E-state index contributed by atoms with van der Waals surface area (Å²) in [5.41, 5.74) is 3.24. The number of amides is 3. The normalized spacial score (nSPS) is 21.4. The van der Waals surface area contributed by atoms with E-state index in [0.717, 1.165) is 79.4 Å². The van der Waals surface area contributed by atoms with E-state index in [4.69, 9.17) is 4.42 Å². The average Bonchev–Trinajstić information content (AvgIpc) is 2.94. The van der Waals surface area contributed by atoms with Crippen molar-refractivity contribution in [3.05, 3.63) is 29.0 Å². The van der Waals surface area contributed by atoms with Crippen LogP contribution in [0.5, 0.6) is 0 Å². The molecule has 0 unspecified atom stereocenters. The monoisotopic (exact) mass is 395 g/mol. The van der Waals surface area contributed by atoms with Crippen LogP contribution in [-0.2, 0) is 5.54 Å². The lowest BCUT2D eigenvalue weighted by Gasteiger charge is -2.43. The van der Waals surface area contributed by atoms with Gasteiger partial charge in [0.15, 0.2) is 5.76 Å². The lowest BCUT2D eigenvalue weighted by molar-refractivity contribution is 0.0731. The van der Waals surface area contributed by atoms with E-state index in [1.807, 2.05) is 24.0 Å². The molecule has 1 spiro atoms. The second-order valence-electron chi connectivity index (χ2n) is 8.90. The van der Waals surface area contributed by atoms with Crippen LogP contribution in [0.2, 0.25) is 0 Å². The summed E-state index contributed by atoms with van der Waals surface area (Å²) in [6.07, 6.45) is 9.63. The molecule has 6 heteroatoms. The summed E-state index contributed by atoms with van der Waals surface area (Å²) < 4.78 is 6.26. The molecule has 0 radical (unpaired) electrons. The second kappa shape index (κ2) is 7.08. The van der Waals surface area contributed by atoms with E-state index in [0.29, 0.717) is 5.76 Å². The van der Waals surface area contributed by atoms with Gasteiger partial charge in [-0.15, -0.1) is 0 Å². The van der Waals surface area contributed by atoms with Gasteiger partial charge in [-0.05, 0) is 50.3 Å². The van der Waals surface area contributed by atoms with Crippen LogP contribution in [0.15, 0.2) is 16.5 Å². The topological polar surface area (TPSA) is 74.6 Å². The zero-order valence-electron chi connectivity index (χ0n) is 17.1. The average molecular weight is 396 g/mol. The number of likely N-dealkylation sites (tertiary alicyclic amines) is 1. The van der Waals surface area contributed by atoms with Crippen LogP contribution in [0.25, 0.3) is 11.0 Å². The molecule has 3 amide bonds. The number of fused-ring (bicyclic) bond motifs is 4. The zero-order valence-corrected chi connectivity index (χ0v) is 17.1. The van der Waals surface area contributed by atoms with E-state index >= 15 is 0 Å². The molecule has 3 aliphatic rings. The molecule has 0 atom stereocenters. The van der Waals surface area contributed by atoms with Crippen LogP contribution < -0.4 is 10.6 Å². The molecule has 2 aliphatic heterocycles. The standard InChI is InChI=1S/C23H29N3O3/c1-15-13-16-14-17(21(27)26-11-7-2-3-8-12-26)29-20(16)18-19(15)24-22(28)25-23(18)9-5-4-6-10-23/h13-14H,2-12H2,1H3,(H2,24,25,28). The van der Waals surface area contributed by atoms with Gasteiger partial charge in [-0.25, -0.2) is 4.79 Å². The summed E-state index contributed by atoms with van der Waals surface area (Å²) in [6.45, 7) is 3.62. The maximum atomic E-state index is 13.1. The van der Waals surface area contributed by atoms with Crippen molar-refractivity contribution in [2.24, 2.45) is 0 Å². The van der Waals surface area contributed by atoms with Crippen molar-refractivity contribution in [2.75, 3.05) is 18.4 Å². The number of nitrogens with zero attached hydrogens (tertiary/aromatic N) is 1. The predicted octanol–water partition coefficient (Wildman–Crippen LogP) is 5.05. The van der Waals surface area contributed by atoms with Gasteiger partial charge < -0.3 is 20.0 Å². The van der Waals surface area contributed by atoms with E-state index in [2.05, 4.69) is 10.6 Å². The van der Waals surface area contributed by atoms with Gasteiger partial charge in [0.25, 0.3) is 5.91 Å². The van der Waals surface area contributed by atoms with Crippen molar-refractivity contribution in [1.29, 1.82) is 0 Å². The molecule has 29 heavy (non-hydrogen) atoms. The number of hydrogen-bond acceptors (Lipinski definition) is 3. The minimum Gasteiger partial charge on any atom is -0.450 e. The number of furan rings is 1. The third-order valence-corrected chi connectivity index (χ3v) is 6.89. The van der Waals surface area contributed by atoms with Gasteiger partial charge in [-0.3, -0.25) is 4.79 Å². The number of nitrogens with one attached hydrogen (secondary N) is 2. The van der Waals surface area contributed by atoms with Gasteiger partial charge in [0, 0.05) is 24.0 Å². The molecule has 2 aromatic rings. The van der Waals surface area contributed by atoms with Crippen molar-refractivity contribution in [3.8, 4) is 0 Å². The summed E-state index contributed by atoms with van der Waals surface area (Å²) in [7, 11) is 0. The highest BCUT2D eigenvalue weighted by Gasteiger charge is 2.43. The first-order valence-corrected chi connectivity index (χ1v) is 11.0. The Morgan fingerprint density at radius 2 is 1.72 bits per heavy atom. The van der Waals surface area contributed by atoms with Crippen molar-refractivity contribution in [2.45, 2.75) is 70.3 Å². The Balaban J connectivity index is 1.62. The molecule has 1 aliphatic carbocycles. The molecule has 3 heterocycles. The van der Waals surface area contributed by atoms with Gasteiger partial charge in [0.05, 0.1) is 11.2 Å². The maximum absolute atomic E-state index is 13.1.